The summed E-state index contributed by atoms with van der Waals surface area (Å²) in [7, 11) is 4.05. The molecule has 0 fully saturated rings. The molecule has 0 saturated heterocycles. The van der Waals surface area contributed by atoms with Crippen molar-refractivity contribution >= 4 is 21.6 Å². The van der Waals surface area contributed by atoms with Crippen molar-refractivity contribution < 1.29 is 0 Å². The first-order valence-corrected chi connectivity index (χ1v) is 5.88. The van der Waals surface area contributed by atoms with Gasteiger partial charge in [-0.05, 0) is 12.8 Å². The smallest absolute Gasteiger partial charge is 0.0365 e. The molecule has 0 amide bonds. The second-order valence-electron chi connectivity index (χ2n) is 2.60. The summed E-state index contributed by atoms with van der Waals surface area (Å²) in [6.07, 6.45) is 11.6. The Hall–Kier alpha value is 0.180. The van der Waals surface area contributed by atoms with Gasteiger partial charge in [0.15, 0.2) is 0 Å². The van der Waals surface area contributed by atoms with Crippen LogP contribution in [-0.4, -0.2) is 10.5 Å². The van der Waals surface area contributed by atoms with Crippen molar-refractivity contribution in [2.24, 2.45) is 0 Å². The molecule has 0 bridgehead atoms. The summed E-state index contributed by atoms with van der Waals surface area (Å²) in [6, 6.07) is 0. The maximum absolute atomic E-state index is 2.29. The zero-order valence-corrected chi connectivity index (χ0v) is 7.33. The Morgan fingerprint density at radius 3 is 1.50 bits per heavy atom. The van der Waals surface area contributed by atoms with Crippen LogP contribution in [0.25, 0.3) is 0 Å². The molecule has 0 aliphatic heterocycles. The van der Waals surface area contributed by atoms with Crippen molar-refractivity contribution in [3.8, 4) is 0 Å². The minimum Gasteiger partial charge on any atom is -0.0859 e. The van der Waals surface area contributed by atoms with Gasteiger partial charge in [-0.2, -0.15) is 0 Å². The first-order chi connectivity index (χ1) is 4.95. The van der Waals surface area contributed by atoms with Gasteiger partial charge in [0, 0.05) is 10.5 Å². The van der Waals surface area contributed by atoms with Crippen LogP contribution in [0.1, 0.15) is 12.8 Å². The van der Waals surface area contributed by atoms with E-state index in [1.807, 2.05) is 21.6 Å². The van der Waals surface area contributed by atoms with Crippen molar-refractivity contribution in [1.82, 2.24) is 0 Å². The van der Waals surface area contributed by atoms with Crippen LogP contribution >= 0.6 is 21.6 Å². The Labute approximate surface area is 69.5 Å². The first-order valence-electron chi connectivity index (χ1n) is 3.60. The number of rotatable bonds is 3. The quantitative estimate of drug-likeness (QED) is 0.471. The van der Waals surface area contributed by atoms with Crippen molar-refractivity contribution in [2.45, 2.75) is 23.3 Å². The predicted octanol–water partition coefficient (Wildman–Crippen LogP) is 3.02. The van der Waals surface area contributed by atoms with Gasteiger partial charge in [-0.15, -0.1) is 0 Å². The molecule has 0 spiro atoms. The summed E-state index contributed by atoms with van der Waals surface area (Å²) >= 11 is 0. The lowest BCUT2D eigenvalue weighted by atomic mass is 10.1. The molecule has 2 aliphatic carbocycles. The van der Waals surface area contributed by atoms with E-state index in [0.717, 1.165) is 10.5 Å². The van der Waals surface area contributed by atoms with Crippen LogP contribution < -0.4 is 0 Å². The molecule has 0 heterocycles. The topological polar surface area (TPSA) is 0 Å². The van der Waals surface area contributed by atoms with Gasteiger partial charge in [0.1, 0.15) is 0 Å². The molecule has 54 valence electrons. The fraction of sp³-hybridized carbons (Fsp3) is 0.500. The standard InChI is InChI=1S/C8H10S2/c1-3-7(4-1)9-10-8-5-2-6-8/h1-3,5,7-8H,4,6H2. The van der Waals surface area contributed by atoms with E-state index >= 15 is 0 Å². The molecule has 10 heavy (non-hydrogen) atoms. The van der Waals surface area contributed by atoms with Gasteiger partial charge in [-0.25, -0.2) is 0 Å². The van der Waals surface area contributed by atoms with Gasteiger partial charge in [0.05, 0.1) is 0 Å². The Morgan fingerprint density at radius 2 is 1.30 bits per heavy atom. The van der Waals surface area contributed by atoms with Gasteiger partial charge in [0.25, 0.3) is 0 Å². The average Bonchev–Trinajstić information content (AvgIpc) is 1.70. The van der Waals surface area contributed by atoms with Crippen LogP contribution in [0.15, 0.2) is 24.3 Å². The lowest BCUT2D eigenvalue weighted by Crippen LogP contribution is -2.07. The molecule has 2 atom stereocenters. The Morgan fingerprint density at radius 1 is 0.900 bits per heavy atom. The molecule has 0 aromatic rings. The molecule has 0 N–H and O–H groups in total. The van der Waals surface area contributed by atoms with Crippen LogP contribution in [0.4, 0.5) is 0 Å². The van der Waals surface area contributed by atoms with Gasteiger partial charge in [0.2, 0.25) is 0 Å². The summed E-state index contributed by atoms with van der Waals surface area (Å²) in [6.45, 7) is 0. The molecule has 2 rings (SSSR count). The summed E-state index contributed by atoms with van der Waals surface area (Å²) < 4.78 is 0. The first kappa shape index (κ1) is 6.86. The van der Waals surface area contributed by atoms with Crippen molar-refractivity contribution in [3.63, 3.8) is 0 Å². The zero-order chi connectivity index (χ0) is 6.81. The summed E-state index contributed by atoms with van der Waals surface area (Å²) in [5.74, 6) is 0. The molecule has 0 saturated carbocycles. The van der Waals surface area contributed by atoms with Crippen LogP contribution in [0.5, 0.6) is 0 Å². The third kappa shape index (κ3) is 1.43. The highest BCUT2D eigenvalue weighted by atomic mass is 33.1. The van der Waals surface area contributed by atoms with Crippen LogP contribution in [0.3, 0.4) is 0 Å². The molecule has 0 aromatic carbocycles. The van der Waals surface area contributed by atoms with Crippen LogP contribution in [0, 0.1) is 0 Å². The third-order valence-electron chi connectivity index (χ3n) is 1.74. The molecule has 0 radical (unpaired) electrons. The SMILES string of the molecule is C1=CC(SSC2C=CC2)C1. The average molecular weight is 170 g/mol. The Balaban J connectivity index is 1.63. The van der Waals surface area contributed by atoms with E-state index < -0.39 is 0 Å². The second kappa shape index (κ2) is 3.05. The van der Waals surface area contributed by atoms with Gasteiger partial charge >= 0.3 is 0 Å². The maximum atomic E-state index is 2.29. The fourth-order valence-corrected chi connectivity index (χ4v) is 3.51. The lowest BCUT2D eigenvalue weighted by Gasteiger charge is -2.21. The van der Waals surface area contributed by atoms with Gasteiger partial charge in [-0.1, -0.05) is 45.9 Å². The van der Waals surface area contributed by atoms with E-state index in [1.165, 1.54) is 12.8 Å². The maximum Gasteiger partial charge on any atom is 0.0365 e. The Kier molecular flexibility index (Phi) is 2.10. The highest BCUT2D eigenvalue weighted by Crippen LogP contribution is 2.40. The normalized spacial score (nSPS) is 35.2. The largest absolute Gasteiger partial charge is 0.0859 e. The zero-order valence-electron chi connectivity index (χ0n) is 5.69. The summed E-state index contributed by atoms with van der Waals surface area (Å²) in [4.78, 5) is 0. The van der Waals surface area contributed by atoms with E-state index in [9.17, 15) is 0 Å². The van der Waals surface area contributed by atoms with Gasteiger partial charge < -0.3 is 0 Å². The van der Waals surface area contributed by atoms with Crippen molar-refractivity contribution in [2.75, 3.05) is 0 Å². The summed E-state index contributed by atoms with van der Waals surface area (Å²) in [5.41, 5.74) is 0. The minimum atomic E-state index is 0.819. The molecule has 2 aliphatic rings. The molecular weight excluding hydrogens is 160 g/mol. The number of hydrogen-bond donors (Lipinski definition) is 0. The van der Waals surface area contributed by atoms with Crippen LogP contribution in [-0.2, 0) is 0 Å². The number of allylic oxidation sites excluding steroid dienone is 2. The minimum absolute atomic E-state index is 0.819. The summed E-state index contributed by atoms with van der Waals surface area (Å²) in [5, 5.41) is 1.64. The predicted molar refractivity (Wildman–Crippen MR) is 50.3 cm³/mol. The van der Waals surface area contributed by atoms with Crippen molar-refractivity contribution in [3.05, 3.63) is 24.3 Å². The van der Waals surface area contributed by atoms with Crippen LogP contribution in [0.2, 0.25) is 0 Å². The van der Waals surface area contributed by atoms with E-state index in [4.69, 9.17) is 0 Å². The molecule has 0 nitrogen and oxygen atoms in total. The lowest BCUT2D eigenvalue weighted by molar-refractivity contribution is 0.981. The molecular formula is C8H10S2. The molecule has 0 aromatic heterocycles. The molecule has 2 heteroatoms. The fourth-order valence-electron chi connectivity index (χ4n) is 0.780. The van der Waals surface area contributed by atoms with E-state index in [1.54, 1.807) is 0 Å². The third-order valence-corrected chi connectivity index (χ3v) is 4.86. The highest BCUT2D eigenvalue weighted by molar-refractivity contribution is 8.77. The van der Waals surface area contributed by atoms with E-state index in [-0.39, 0.29) is 0 Å². The Bertz CT molecular complexity index is 152. The van der Waals surface area contributed by atoms with E-state index in [0.29, 0.717) is 0 Å². The van der Waals surface area contributed by atoms with E-state index in [2.05, 4.69) is 24.3 Å². The monoisotopic (exact) mass is 170 g/mol. The second-order valence-corrected chi connectivity index (χ2v) is 5.35. The highest BCUT2D eigenvalue weighted by Gasteiger charge is 2.16. The van der Waals surface area contributed by atoms with Gasteiger partial charge in [-0.3, -0.25) is 0 Å². The number of hydrogen-bond acceptors (Lipinski definition) is 2. The van der Waals surface area contributed by atoms with Crippen molar-refractivity contribution in [1.29, 1.82) is 0 Å². The molecule has 2 unspecified atom stereocenters.